The van der Waals surface area contributed by atoms with Crippen LogP contribution in [0, 0.1) is 0 Å². The van der Waals surface area contributed by atoms with Gasteiger partial charge < -0.3 is 0 Å². The number of fused-ring (bicyclic) bond motifs is 5. The molecule has 3 rings (SSSR count). The van der Waals surface area contributed by atoms with E-state index in [0.29, 0.717) is 6.04 Å². The molecule has 0 aliphatic heterocycles. The molecule has 1 saturated carbocycles. The fraction of sp³-hybridized carbons (Fsp3) is 0.727. The van der Waals surface area contributed by atoms with Gasteiger partial charge in [-0.15, -0.1) is 0 Å². The number of hydrogen-bond donors (Lipinski definition) is 0. The summed E-state index contributed by atoms with van der Waals surface area (Å²) in [5, 5.41) is 4.49. The van der Waals surface area contributed by atoms with Crippen molar-refractivity contribution < 1.29 is 0 Å². The van der Waals surface area contributed by atoms with Crippen LogP contribution < -0.4 is 0 Å². The van der Waals surface area contributed by atoms with E-state index >= 15 is 0 Å². The van der Waals surface area contributed by atoms with E-state index in [-0.39, 0.29) is 0 Å². The van der Waals surface area contributed by atoms with Gasteiger partial charge in [0.2, 0.25) is 0 Å². The minimum absolute atomic E-state index is 0.531. The molecule has 0 spiro atoms. The van der Waals surface area contributed by atoms with Crippen molar-refractivity contribution in [3.8, 4) is 0 Å². The average Bonchev–Trinajstić information content (AvgIpc) is 2.76. The molecule has 2 nitrogen and oxygen atoms in total. The van der Waals surface area contributed by atoms with Crippen molar-refractivity contribution in [3.63, 3.8) is 0 Å². The van der Waals surface area contributed by atoms with Crippen LogP contribution >= 0.6 is 0 Å². The predicted octanol–water partition coefficient (Wildman–Crippen LogP) is 2.83. The Morgan fingerprint density at radius 3 is 2.92 bits per heavy atom. The van der Waals surface area contributed by atoms with Crippen LogP contribution in [0.25, 0.3) is 0 Å². The highest BCUT2D eigenvalue weighted by molar-refractivity contribution is 5.35. The van der Waals surface area contributed by atoms with Gasteiger partial charge in [-0.3, -0.25) is 4.68 Å². The van der Waals surface area contributed by atoms with Crippen molar-refractivity contribution in [2.75, 3.05) is 0 Å². The Morgan fingerprint density at radius 1 is 1.38 bits per heavy atom. The molecular weight excluding hydrogens is 160 g/mol. The van der Waals surface area contributed by atoms with Crippen LogP contribution in [-0.2, 0) is 0 Å². The van der Waals surface area contributed by atoms with Gasteiger partial charge in [0.1, 0.15) is 0 Å². The molecule has 0 radical (unpaired) electrons. The van der Waals surface area contributed by atoms with E-state index in [1.165, 1.54) is 19.3 Å². The molecule has 0 amide bonds. The Hall–Kier alpha value is -0.790. The molecule has 1 heterocycles. The largest absolute Gasteiger partial charge is 0.267 e. The molecule has 1 aromatic heterocycles. The lowest BCUT2D eigenvalue weighted by Crippen LogP contribution is -2.09. The number of hydrogen-bond acceptors (Lipinski definition) is 1. The first-order valence-electron chi connectivity index (χ1n) is 5.34. The van der Waals surface area contributed by atoms with Crippen LogP contribution in [-0.4, -0.2) is 9.78 Å². The maximum atomic E-state index is 4.49. The van der Waals surface area contributed by atoms with Crippen LogP contribution in [0.15, 0.2) is 6.20 Å². The van der Waals surface area contributed by atoms with Crippen molar-refractivity contribution in [3.05, 3.63) is 17.5 Å². The van der Waals surface area contributed by atoms with Crippen molar-refractivity contribution >= 4 is 0 Å². The smallest absolute Gasteiger partial charge is 0.0527 e. The summed E-state index contributed by atoms with van der Waals surface area (Å²) in [6.45, 7) is 4.44. The molecule has 1 fully saturated rings. The first kappa shape index (κ1) is 7.60. The quantitative estimate of drug-likeness (QED) is 0.643. The molecule has 0 unspecified atom stereocenters. The second-order valence-electron chi connectivity index (χ2n) is 4.73. The summed E-state index contributed by atoms with van der Waals surface area (Å²) in [5.41, 5.74) is 3.12. The van der Waals surface area contributed by atoms with E-state index in [9.17, 15) is 0 Å². The number of aromatic nitrogens is 2. The summed E-state index contributed by atoms with van der Waals surface area (Å²) in [6.07, 6.45) is 6.32. The molecule has 0 aromatic carbocycles. The number of rotatable bonds is 1. The third-order valence-corrected chi connectivity index (χ3v) is 3.61. The molecule has 2 bridgehead atoms. The minimum Gasteiger partial charge on any atom is -0.267 e. The Kier molecular flexibility index (Phi) is 1.38. The van der Waals surface area contributed by atoms with Gasteiger partial charge in [0.25, 0.3) is 0 Å². The van der Waals surface area contributed by atoms with Crippen molar-refractivity contribution in [1.29, 1.82) is 0 Å². The van der Waals surface area contributed by atoms with E-state index < -0.39 is 0 Å². The van der Waals surface area contributed by atoms with Crippen LogP contribution in [0.2, 0.25) is 0 Å². The molecule has 2 aliphatic rings. The lowest BCUT2D eigenvalue weighted by atomic mass is 9.98. The van der Waals surface area contributed by atoms with Gasteiger partial charge in [0.05, 0.1) is 6.20 Å². The lowest BCUT2D eigenvalue weighted by molar-refractivity contribution is 0.488. The van der Waals surface area contributed by atoms with E-state index in [1.54, 1.807) is 11.3 Å². The van der Waals surface area contributed by atoms with E-state index in [1.807, 2.05) is 0 Å². The average molecular weight is 176 g/mol. The number of nitrogens with zero attached hydrogens (tertiary/aromatic N) is 2. The second kappa shape index (κ2) is 2.37. The van der Waals surface area contributed by atoms with Gasteiger partial charge in [-0.1, -0.05) is 0 Å². The Bertz CT molecular complexity index is 338. The fourth-order valence-corrected chi connectivity index (χ4v) is 3.05. The Morgan fingerprint density at radius 2 is 2.15 bits per heavy atom. The Balaban J connectivity index is 2.13. The van der Waals surface area contributed by atoms with Gasteiger partial charge in [-0.05, 0) is 44.6 Å². The standard InChI is InChI=1S/C11H16N2/c1-7(2)13-11-9-4-3-8(5-9)10(11)6-12-13/h6-9H,3-5H2,1-2H3/t8-,9-/m0/s1. The van der Waals surface area contributed by atoms with Gasteiger partial charge in [-0.2, -0.15) is 5.10 Å². The van der Waals surface area contributed by atoms with E-state index in [0.717, 1.165) is 11.8 Å². The van der Waals surface area contributed by atoms with Crippen molar-refractivity contribution in [2.24, 2.45) is 0 Å². The predicted molar refractivity (Wildman–Crippen MR) is 51.9 cm³/mol. The highest BCUT2D eigenvalue weighted by Gasteiger charge is 2.40. The zero-order chi connectivity index (χ0) is 9.00. The topological polar surface area (TPSA) is 17.8 Å². The molecule has 70 valence electrons. The second-order valence-corrected chi connectivity index (χ2v) is 4.73. The summed E-state index contributed by atoms with van der Waals surface area (Å²) in [6, 6.07) is 0.531. The van der Waals surface area contributed by atoms with Gasteiger partial charge in [0, 0.05) is 17.7 Å². The summed E-state index contributed by atoms with van der Waals surface area (Å²) < 4.78 is 2.24. The molecule has 1 aromatic rings. The summed E-state index contributed by atoms with van der Waals surface area (Å²) in [4.78, 5) is 0. The van der Waals surface area contributed by atoms with Gasteiger partial charge in [0.15, 0.2) is 0 Å². The van der Waals surface area contributed by atoms with Gasteiger partial charge in [-0.25, -0.2) is 0 Å². The highest BCUT2D eigenvalue weighted by Crippen LogP contribution is 2.53. The van der Waals surface area contributed by atoms with E-state index in [4.69, 9.17) is 0 Å². The highest BCUT2D eigenvalue weighted by atomic mass is 15.3. The molecule has 2 atom stereocenters. The van der Waals surface area contributed by atoms with Crippen LogP contribution in [0.3, 0.4) is 0 Å². The zero-order valence-corrected chi connectivity index (χ0v) is 8.33. The molecule has 0 N–H and O–H groups in total. The summed E-state index contributed by atoms with van der Waals surface area (Å²) in [7, 11) is 0. The van der Waals surface area contributed by atoms with E-state index in [2.05, 4.69) is 29.8 Å². The monoisotopic (exact) mass is 176 g/mol. The molecule has 0 saturated heterocycles. The summed E-state index contributed by atoms with van der Waals surface area (Å²) in [5.74, 6) is 1.69. The first-order valence-corrected chi connectivity index (χ1v) is 5.34. The third kappa shape index (κ3) is 0.862. The van der Waals surface area contributed by atoms with Crippen molar-refractivity contribution in [2.45, 2.75) is 51.0 Å². The van der Waals surface area contributed by atoms with Crippen LogP contribution in [0.5, 0.6) is 0 Å². The lowest BCUT2D eigenvalue weighted by Gasteiger charge is -2.16. The summed E-state index contributed by atoms with van der Waals surface area (Å²) >= 11 is 0. The molecule has 13 heavy (non-hydrogen) atoms. The Labute approximate surface area is 78.9 Å². The van der Waals surface area contributed by atoms with Gasteiger partial charge >= 0.3 is 0 Å². The first-order chi connectivity index (χ1) is 6.27. The maximum absolute atomic E-state index is 4.49. The van der Waals surface area contributed by atoms with Crippen LogP contribution in [0.4, 0.5) is 0 Å². The molecule has 2 aliphatic carbocycles. The molecule has 2 heteroatoms. The molecular formula is C11H16N2. The third-order valence-electron chi connectivity index (χ3n) is 3.61. The van der Waals surface area contributed by atoms with Crippen LogP contribution in [0.1, 0.15) is 62.2 Å². The minimum atomic E-state index is 0.531. The van der Waals surface area contributed by atoms with Crippen molar-refractivity contribution in [1.82, 2.24) is 9.78 Å². The normalized spacial score (nSPS) is 30.1. The maximum Gasteiger partial charge on any atom is 0.0527 e. The SMILES string of the molecule is CC(C)n1ncc2c1[C@H]1CC[C@H]2C1. The zero-order valence-electron chi connectivity index (χ0n) is 8.33. The fourth-order valence-electron chi connectivity index (χ4n) is 3.05.